The summed E-state index contributed by atoms with van der Waals surface area (Å²) in [6, 6.07) is 4.14. The standard InChI is InChI=1S/C30H37FN8O/c1-16-6-9-21-24(17(2)34-35-21)23(16)27-32-20-10-12-38(29-25(31)26(18-7-8-18)36-37(29)5)14-19(20)28(33-27)39-13-11-22(40)30(3,4)15-39/h6,9,18,22,40H,7-8,10-15H2,1-5H3,(H,34,35)/t22-/m1/s1. The largest absolute Gasteiger partial charge is 0.392 e. The maximum absolute atomic E-state index is 15.6. The summed E-state index contributed by atoms with van der Waals surface area (Å²) in [6.07, 6.45) is 3.00. The Bertz CT molecular complexity index is 1630. The van der Waals surface area contributed by atoms with Crippen molar-refractivity contribution < 1.29 is 9.50 Å². The highest BCUT2D eigenvalue weighted by atomic mass is 19.1. The molecule has 2 aliphatic heterocycles. The molecule has 4 aromatic rings. The van der Waals surface area contributed by atoms with E-state index in [9.17, 15) is 5.11 Å². The van der Waals surface area contributed by atoms with Crippen molar-refractivity contribution in [2.75, 3.05) is 29.4 Å². The van der Waals surface area contributed by atoms with Gasteiger partial charge in [-0.15, -0.1) is 0 Å². The van der Waals surface area contributed by atoms with Gasteiger partial charge in [-0.2, -0.15) is 10.2 Å². The first-order valence-electron chi connectivity index (χ1n) is 14.4. The van der Waals surface area contributed by atoms with Crippen LogP contribution >= 0.6 is 0 Å². The van der Waals surface area contributed by atoms with Crippen molar-refractivity contribution in [3.8, 4) is 11.4 Å². The number of nitrogens with zero attached hydrogens (tertiary/aromatic N) is 7. The third kappa shape index (κ3) is 3.98. The summed E-state index contributed by atoms with van der Waals surface area (Å²) < 4.78 is 17.3. The highest BCUT2D eigenvalue weighted by Gasteiger charge is 2.38. The fraction of sp³-hybridized carbons (Fsp3) is 0.533. The van der Waals surface area contributed by atoms with Crippen LogP contribution in [0, 0.1) is 25.1 Å². The molecule has 3 aliphatic rings. The number of anilines is 2. The summed E-state index contributed by atoms with van der Waals surface area (Å²) >= 11 is 0. The molecule has 0 unspecified atom stereocenters. The van der Waals surface area contributed by atoms with Gasteiger partial charge in [-0.25, -0.2) is 19.0 Å². The van der Waals surface area contributed by atoms with Crippen LogP contribution in [0.4, 0.5) is 16.0 Å². The van der Waals surface area contributed by atoms with Crippen LogP contribution in [0.2, 0.25) is 0 Å². The zero-order valence-corrected chi connectivity index (χ0v) is 23.9. The van der Waals surface area contributed by atoms with E-state index in [0.29, 0.717) is 56.4 Å². The Hall–Kier alpha value is -3.53. The Kier molecular flexibility index (Phi) is 5.72. The molecule has 40 heavy (non-hydrogen) atoms. The molecule has 1 saturated heterocycles. The van der Waals surface area contributed by atoms with Crippen molar-refractivity contribution in [3.05, 3.63) is 46.2 Å². The number of hydrogen-bond acceptors (Lipinski definition) is 7. The molecule has 10 heteroatoms. The van der Waals surface area contributed by atoms with Gasteiger partial charge in [0.15, 0.2) is 17.5 Å². The highest BCUT2D eigenvalue weighted by molar-refractivity contribution is 5.96. The number of rotatable bonds is 4. The van der Waals surface area contributed by atoms with E-state index in [1.807, 2.05) is 14.0 Å². The Balaban J connectivity index is 1.37. The summed E-state index contributed by atoms with van der Waals surface area (Å²) in [5.41, 5.74) is 6.33. The van der Waals surface area contributed by atoms with E-state index >= 15 is 4.39 Å². The fourth-order valence-corrected chi connectivity index (χ4v) is 6.61. The van der Waals surface area contributed by atoms with Gasteiger partial charge in [-0.3, -0.25) is 5.10 Å². The van der Waals surface area contributed by atoms with Crippen LogP contribution < -0.4 is 9.80 Å². The quantitative estimate of drug-likeness (QED) is 0.389. The number of piperidine rings is 1. The summed E-state index contributed by atoms with van der Waals surface area (Å²) in [7, 11) is 1.84. The first-order valence-corrected chi connectivity index (χ1v) is 14.4. The topological polar surface area (TPSA) is 99.0 Å². The van der Waals surface area contributed by atoms with Gasteiger partial charge in [0.25, 0.3) is 0 Å². The first-order chi connectivity index (χ1) is 19.1. The number of aliphatic hydroxyl groups is 1. The molecule has 9 nitrogen and oxygen atoms in total. The molecule has 1 atom stereocenters. The molecule has 1 aliphatic carbocycles. The molecule has 0 amide bonds. The third-order valence-corrected chi connectivity index (χ3v) is 9.10. The van der Waals surface area contributed by atoms with Crippen LogP contribution in [0.15, 0.2) is 12.1 Å². The minimum atomic E-state index is -0.369. The van der Waals surface area contributed by atoms with E-state index in [1.165, 1.54) is 0 Å². The fourth-order valence-electron chi connectivity index (χ4n) is 6.61. The van der Waals surface area contributed by atoms with Gasteiger partial charge in [0.05, 0.1) is 23.0 Å². The Morgan fingerprint density at radius 2 is 1.88 bits per heavy atom. The van der Waals surface area contributed by atoms with E-state index in [-0.39, 0.29) is 23.3 Å². The van der Waals surface area contributed by atoms with Gasteiger partial charge in [-0.1, -0.05) is 19.9 Å². The second-order valence-corrected chi connectivity index (χ2v) is 12.6. The monoisotopic (exact) mass is 544 g/mol. The molecule has 2 fully saturated rings. The van der Waals surface area contributed by atoms with Gasteiger partial charge in [-0.05, 0) is 44.7 Å². The minimum Gasteiger partial charge on any atom is -0.392 e. The lowest BCUT2D eigenvalue weighted by molar-refractivity contribution is 0.0333. The number of nitrogens with one attached hydrogen (secondary N) is 1. The predicted octanol–water partition coefficient (Wildman–Crippen LogP) is 4.55. The lowest BCUT2D eigenvalue weighted by atomic mass is 9.81. The summed E-state index contributed by atoms with van der Waals surface area (Å²) in [5, 5.41) is 23.9. The van der Waals surface area contributed by atoms with Crippen molar-refractivity contribution in [2.45, 2.75) is 71.9 Å². The third-order valence-electron chi connectivity index (χ3n) is 9.10. The molecule has 7 rings (SSSR count). The SMILES string of the molecule is Cc1ccc2[nH]nc(C)c2c1-c1nc2c(c(N3CC[C@@H](O)C(C)(C)C3)n1)CN(c1c(F)c(C3CC3)nn1C)CC2. The second-order valence-electron chi connectivity index (χ2n) is 12.6. The normalized spacial score (nSPS) is 20.8. The van der Waals surface area contributed by atoms with Crippen molar-refractivity contribution in [3.63, 3.8) is 0 Å². The van der Waals surface area contributed by atoms with Crippen LogP contribution in [0.1, 0.15) is 67.2 Å². The predicted molar refractivity (Wildman–Crippen MR) is 153 cm³/mol. The van der Waals surface area contributed by atoms with E-state index in [2.05, 4.69) is 58.0 Å². The Morgan fingerprint density at radius 3 is 2.62 bits per heavy atom. The molecular weight excluding hydrogens is 507 g/mol. The molecule has 0 radical (unpaired) electrons. The summed E-state index contributed by atoms with van der Waals surface area (Å²) in [6.45, 7) is 10.9. The maximum atomic E-state index is 15.6. The molecule has 0 bridgehead atoms. The van der Waals surface area contributed by atoms with Crippen LogP contribution in [-0.4, -0.2) is 60.8 Å². The minimum absolute atomic E-state index is 0.187. The molecule has 1 aromatic carbocycles. The Morgan fingerprint density at radius 1 is 1.07 bits per heavy atom. The van der Waals surface area contributed by atoms with Gasteiger partial charge < -0.3 is 14.9 Å². The maximum Gasteiger partial charge on any atom is 0.188 e. The molecular formula is C30H37FN8O. The molecule has 5 heterocycles. The molecule has 0 spiro atoms. The average Bonchev–Trinajstić information content (AvgIpc) is 3.64. The van der Waals surface area contributed by atoms with Crippen molar-refractivity contribution in [1.82, 2.24) is 29.9 Å². The number of benzene rings is 1. The average molecular weight is 545 g/mol. The molecule has 2 N–H and O–H groups in total. The lowest BCUT2D eigenvalue weighted by Crippen LogP contribution is -2.49. The summed E-state index contributed by atoms with van der Waals surface area (Å²) in [5.74, 6) is 2.19. The number of aryl methyl sites for hydroxylation is 3. The van der Waals surface area contributed by atoms with E-state index in [4.69, 9.17) is 9.97 Å². The zero-order chi connectivity index (χ0) is 27.9. The van der Waals surface area contributed by atoms with Gasteiger partial charge in [0.1, 0.15) is 11.5 Å². The number of hydrogen-bond donors (Lipinski definition) is 2. The van der Waals surface area contributed by atoms with Crippen molar-refractivity contribution in [2.24, 2.45) is 12.5 Å². The van der Waals surface area contributed by atoms with E-state index in [1.54, 1.807) is 4.68 Å². The van der Waals surface area contributed by atoms with Crippen molar-refractivity contribution in [1.29, 1.82) is 0 Å². The van der Waals surface area contributed by atoms with E-state index < -0.39 is 0 Å². The van der Waals surface area contributed by atoms with Gasteiger partial charge in [0, 0.05) is 67.5 Å². The first kappa shape index (κ1) is 25.4. The number of aromatic nitrogens is 6. The molecule has 1 saturated carbocycles. The van der Waals surface area contributed by atoms with Crippen LogP contribution in [0.5, 0.6) is 0 Å². The zero-order valence-electron chi connectivity index (χ0n) is 23.9. The smallest absolute Gasteiger partial charge is 0.188 e. The molecule has 3 aromatic heterocycles. The second kappa shape index (κ2) is 8.99. The number of fused-ring (bicyclic) bond motifs is 2. The van der Waals surface area contributed by atoms with Crippen LogP contribution in [-0.2, 0) is 20.0 Å². The van der Waals surface area contributed by atoms with Gasteiger partial charge >= 0.3 is 0 Å². The number of aliphatic hydroxyl groups excluding tert-OH is 1. The van der Waals surface area contributed by atoms with Crippen LogP contribution in [0.3, 0.4) is 0 Å². The number of H-pyrrole nitrogens is 1. The highest BCUT2D eigenvalue weighted by Crippen LogP contribution is 2.44. The summed E-state index contributed by atoms with van der Waals surface area (Å²) in [4.78, 5) is 14.8. The molecule has 210 valence electrons. The van der Waals surface area contributed by atoms with Crippen LogP contribution in [0.25, 0.3) is 22.3 Å². The lowest BCUT2D eigenvalue weighted by Gasteiger charge is -2.43. The van der Waals surface area contributed by atoms with Gasteiger partial charge in [0.2, 0.25) is 0 Å². The van der Waals surface area contributed by atoms with Crippen molar-refractivity contribution >= 4 is 22.5 Å². The number of aromatic amines is 1. The van der Waals surface area contributed by atoms with E-state index in [0.717, 1.165) is 57.6 Å². The number of halogens is 1. The Labute approximate surface area is 233 Å².